The number of nitrogens with zero attached hydrogens (tertiary/aromatic N) is 1. The molecule has 0 bridgehead atoms. The Morgan fingerprint density at radius 3 is 2.59 bits per heavy atom. The molecule has 7 heteroatoms. The van der Waals surface area contributed by atoms with Gasteiger partial charge in [0.05, 0.1) is 22.2 Å². The lowest BCUT2D eigenvalue weighted by atomic mass is 10.0. The first-order chi connectivity index (χ1) is 12.7. The van der Waals surface area contributed by atoms with Gasteiger partial charge < -0.3 is 15.3 Å². The maximum absolute atomic E-state index is 12.4. The molecule has 1 aliphatic heterocycles. The van der Waals surface area contributed by atoms with Crippen LogP contribution >= 0.6 is 23.2 Å². The Labute approximate surface area is 170 Å². The van der Waals surface area contributed by atoms with Gasteiger partial charge in [-0.3, -0.25) is 9.59 Å². The van der Waals surface area contributed by atoms with Crippen molar-refractivity contribution in [3.05, 3.63) is 45.1 Å². The molecular formula is C20H26Cl2N2O3. The van der Waals surface area contributed by atoms with E-state index in [1.54, 1.807) is 11.0 Å². The molecule has 1 aliphatic rings. The van der Waals surface area contributed by atoms with Gasteiger partial charge in [0.25, 0.3) is 11.8 Å². The van der Waals surface area contributed by atoms with Gasteiger partial charge in [-0.1, -0.05) is 43.1 Å². The van der Waals surface area contributed by atoms with E-state index in [1.807, 2.05) is 19.1 Å². The first-order valence-corrected chi connectivity index (χ1v) is 9.91. The van der Waals surface area contributed by atoms with Gasteiger partial charge in [0.2, 0.25) is 0 Å². The quantitative estimate of drug-likeness (QED) is 0.630. The standard InChI is InChI=1S/C20H26Cl2N2O3/c1-12(2)9-13(3)24-11-15(18(25)20(24)27)19(26)23-8-4-5-14-6-7-16(21)17(22)10-14/h6-7,10,12-13,25H,4-5,8-9,11H2,1-3H3,(H,23,26). The largest absolute Gasteiger partial charge is 0.503 e. The highest BCUT2D eigenvalue weighted by atomic mass is 35.5. The van der Waals surface area contributed by atoms with E-state index in [2.05, 4.69) is 19.2 Å². The van der Waals surface area contributed by atoms with Crippen LogP contribution in [0.3, 0.4) is 0 Å². The molecule has 0 fully saturated rings. The van der Waals surface area contributed by atoms with Crippen LogP contribution in [-0.2, 0) is 16.0 Å². The summed E-state index contributed by atoms with van der Waals surface area (Å²) in [5.41, 5.74) is 1.18. The second kappa shape index (κ2) is 9.47. The van der Waals surface area contributed by atoms with Crippen molar-refractivity contribution in [2.24, 2.45) is 5.92 Å². The zero-order chi connectivity index (χ0) is 20.1. The van der Waals surface area contributed by atoms with Crippen LogP contribution in [0.2, 0.25) is 10.0 Å². The summed E-state index contributed by atoms with van der Waals surface area (Å²) in [6.07, 6.45) is 2.26. The highest BCUT2D eigenvalue weighted by Gasteiger charge is 2.36. The number of benzene rings is 1. The lowest BCUT2D eigenvalue weighted by molar-refractivity contribution is -0.129. The van der Waals surface area contributed by atoms with E-state index >= 15 is 0 Å². The minimum absolute atomic E-state index is 0.0281. The number of aryl methyl sites for hydroxylation is 1. The number of carbonyl (C=O) groups is 2. The summed E-state index contributed by atoms with van der Waals surface area (Å²) in [6.45, 7) is 6.67. The predicted octanol–water partition coefficient (Wildman–Crippen LogP) is 4.13. The molecule has 0 saturated heterocycles. The Morgan fingerprint density at radius 1 is 1.26 bits per heavy atom. The summed E-state index contributed by atoms with van der Waals surface area (Å²) in [5.74, 6) is -0.875. The average molecular weight is 413 g/mol. The van der Waals surface area contributed by atoms with E-state index < -0.39 is 17.6 Å². The van der Waals surface area contributed by atoms with E-state index in [0.717, 1.165) is 18.4 Å². The van der Waals surface area contributed by atoms with Crippen molar-refractivity contribution in [1.82, 2.24) is 10.2 Å². The molecule has 0 aromatic heterocycles. The van der Waals surface area contributed by atoms with Crippen molar-refractivity contribution in [3.63, 3.8) is 0 Å². The third kappa shape index (κ3) is 5.63. The van der Waals surface area contributed by atoms with Crippen LogP contribution in [-0.4, -0.2) is 41.0 Å². The van der Waals surface area contributed by atoms with Gasteiger partial charge in [-0.05, 0) is 49.8 Å². The Balaban J connectivity index is 1.84. The first-order valence-electron chi connectivity index (χ1n) is 9.16. The van der Waals surface area contributed by atoms with Crippen molar-refractivity contribution in [2.45, 2.75) is 46.1 Å². The number of halogens is 2. The third-order valence-corrected chi connectivity index (χ3v) is 5.35. The van der Waals surface area contributed by atoms with Crippen LogP contribution in [0.1, 0.15) is 39.2 Å². The van der Waals surface area contributed by atoms with Gasteiger partial charge in [-0.2, -0.15) is 0 Å². The molecule has 0 aliphatic carbocycles. The number of hydrogen-bond donors (Lipinski definition) is 2. The van der Waals surface area contributed by atoms with Crippen LogP contribution in [0.5, 0.6) is 0 Å². The number of aliphatic hydroxyl groups is 1. The van der Waals surface area contributed by atoms with Gasteiger partial charge in [0.15, 0.2) is 5.76 Å². The van der Waals surface area contributed by atoms with Crippen LogP contribution in [0, 0.1) is 5.92 Å². The molecule has 1 aromatic carbocycles. The number of carbonyl (C=O) groups excluding carboxylic acids is 2. The van der Waals surface area contributed by atoms with Gasteiger partial charge in [-0.15, -0.1) is 0 Å². The molecule has 1 heterocycles. The van der Waals surface area contributed by atoms with Crippen molar-refractivity contribution >= 4 is 35.0 Å². The Bertz CT molecular complexity index is 747. The number of hydrogen-bond acceptors (Lipinski definition) is 3. The number of rotatable bonds is 8. The molecular weight excluding hydrogens is 387 g/mol. The van der Waals surface area contributed by atoms with Gasteiger partial charge in [0, 0.05) is 12.6 Å². The Hall–Kier alpha value is -1.72. The molecule has 1 aromatic rings. The fourth-order valence-corrected chi connectivity index (χ4v) is 3.54. The molecule has 5 nitrogen and oxygen atoms in total. The molecule has 27 heavy (non-hydrogen) atoms. The summed E-state index contributed by atoms with van der Waals surface area (Å²) in [7, 11) is 0. The van der Waals surface area contributed by atoms with Crippen molar-refractivity contribution < 1.29 is 14.7 Å². The molecule has 1 atom stereocenters. The smallest absolute Gasteiger partial charge is 0.289 e. The first kappa shape index (κ1) is 21.6. The normalized spacial score (nSPS) is 15.6. The molecule has 2 amide bonds. The monoisotopic (exact) mass is 412 g/mol. The fraction of sp³-hybridized carbons (Fsp3) is 0.500. The second-order valence-electron chi connectivity index (χ2n) is 7.35. The van der Waals surface area contributed by atoms with Crippen molar-refractivity contribution in [2.75, 3.05) is 13.1 Å². The molecule has 2 N–H and O–H groups in total. The molecule has 2 rings (SSSR count). The van der Waals surface area contributed by atoms with Crippen molar-refractivity contribution in [1.29, 1.82) is 0 Å². The van der Waals surface area contributed by atoms with Crippen molar-refractivity contribution in [3.8, 4) is 0 Å². The Kier molecular flexibility index (Phi) is 7.57. The molecule has 0 saturated carbocycles. The minimum atomic E-state index is -0.468. The summed E-state index contributed by atoms with van der Waals surface area (Å²) in [6, 6.07) is 5.43. The lowest BCUT2D eigenvalue weighted by Gasteiger charge is -2.25. The molecule has 148 valence electrons. The summed E-state index contributed by atoms with van der Waals surface area (Å²) < 4.78 is 0. The highest BCUT2D eigenvalue weighted by Crippen LogP contribution is 2.24. The summed E-state index contributed by atoms with van der Waals surface area (Å²) in [4.78, 5) is 26.1. The zero-order valence-corrected chi connectivity index (χ0v) is 17.4. The SMILES string of the molecule is CC(C)CC(C)N1CC(C(=O)NCCCc2ccc(Cl)c(Cl)c2)=C(O)C1=O. The van der Waals surface area contributed by atoms with E-state index in [0.29, 0.717) is 28.9 Å². The minimum Gasteiger partial charge on any atom is -0.503 e. The summed E-state index contributed by atoms with van der Waals surface area (Å²) in [5, 5.41) is 13.9. The predicted molar refractivity (Wildman–Crippen MR) is 108 cm³/mol. The second-order valence-corrected chi connectivity index (χ2v) is 8.16. The maximum atomic E-state index is 12.4. The highest BCUT2D eigenvalue weighted by molar-refractivity contribution is 6.42. The number of aliphatic hydroxyl groups excluding tert-OH is 1. The lowest BCUT2D eigenvalue weighted by Crippen LogP contribution is -2.37. The van der Waals surface area contributed by atoms with Gasteiger partial charge in [0.1, 0.15) is 0 Å². The Morgan fingerprint density at radius 2 is 1.96 bits per heavy atom. The maximum Gasteiger partial charge on any atom is 0.289 e. The van der Waals surface area contributed by atoms with E-state index in [1.165, 1.54) is 0 Å². The summed E-state index contributed by atoms with van der Waals surface area (Å²) >= 11 is 11.9. The molecule has 0 spiro atoms. The number of nitrogens with one attached hydrogen (secondary N) is 1. The zero-order valence-electron chi connectivity index (χ0n) is 15.9. The topological polar surface area (TPSA) is 69.6 Å². The van der Waals surface area contributed by atoms with Gasteiger partial charge in [-0.25, -0.2) is 0 Å². The van der Waals surface area contributed by atoms with E-state index in [-0.39, 0.29) is 18.2 Å². The number of amides is 2. The average Bonchev–Trinajstić information content (AvgIpc) is 2.90. The van der Waals surface area contributed by atoms with Crippen LogP contribution in [0.25, 0.3) is 0 Å². The van der Waals surface area contributed by atoms with Gasteiger partial charge >= 0.3 is 0 Å². The van der Waals surface area contributed by atoms with Crippen LogP contribution < -0.4 is 5.32 Å². The fourth-order valence-electron chi connectivity index (χ4n) is 3.22. The van der Waals surface area contributed by atoms with E-state index in [4.69, 9.17) is 23.2 Å². The molecule has 1 unspecified atom stereocenters. The van der Waals surface area contributed by atoms with E-state index in [9.17, 15) is 14.7 Å². The van der Waals surface area contributed by atoms with Crippen LogP contribution in [0.4, 0.5) is 0 Å². The van der Waals surface area contributed by atoms with Crippen LogP contribution in [0.15, 0.2) is 29.5 Å². The molecule has 0 radical (unpaired) electrons. The third-order valence-electron chi connectivity index (χ3n) is 4.61.